The third-order valence-electron chi connectivity index (χ3n) is 2.76. The van der Waals surface area contributed by atoms with Gasteiger partial charge in [-0.2, -0.15) is 11.8 Å². The molecule has 0 unspecified atom stereocenters. The van der Waals surface area contributed by atoms with Crippen molar-refractivity contribution in [2.75, 3.05) is 12.8 Å². The second kappa shape index (κ2) is 6.58. The minimum Gasteiger partial charge on any atom is -0.326 e. The van der Waals surface area contributed by atoms with Gasteiger partial charge in [0.05, 0.1) is 4.90 Å². The highest BCUT2D eigenvalue weighted by Crippen LogP contribution is 2.25. The van der Waals surface area contributed by atoms with Crippen molar-refractivity contribution in [2.45, 2.75) is 30.0 Å². The number of thioether (sulfide) groups is 1. The van der Waals surface area contributed by atoms with Crippen molar-refractivity contribution in [1.29, 1.82) is 0 Å². The Balaban J connectivity index is 3.00. The zero-order chi connectivity index (χ0) is 14.7. The highest BCUT2D eigenvalue weighted by atomic mass is 79.9. The topological polar surface area (TPSA) is 72.2 Å². The van der Waals surface area contributed by atoms with Gasteiger partial charge in [0, 0.05) is 22.3 Å². The van der Waals surface area contributed by atoms with E-state index in [9.17, 15) is 8.42 Å². The molecule has 0 saturated heterocycles. The Hall–Kier alpha value is -0.0800. The van der Waals surface area contributed by atoms with Crippen molar-refractivity contribution < 1.29 is 8.42 Å². The van der Waals surface area contributed by atoms with Crippen molar-refractivity contribution in [2.24, 2.45) is 5.73 Å². The maximum Gasteiger partial charge on any atom is 0.241 e. The molecule has 0 aliphatic carbocycles. The van der Waals surface area contributed by atoms with Gasteiger partial charge in [-0.1, -0.05) is 6.07 Å². The van der Waals surface area contributed by atoms with Crippen LogP contribution >= 0.6 is 27.7 Å². The summed E-state index contributed by atoms with van der Waals surface area (Å²) < 4.78 is 27.6. The number of rotatable bonds is 6. The smallest absolute Gasteiger partial charge is 0.241 e. The van der Waals surface area contributed by atoms with Crippen LogP contribution in [-0.4, -0.2) is 26.0 Å². The average Bonchev–Trinajstić information content (AvgIpc) is 2.37. The van der Waals surface area contributed by atoms with Gasteiger partial charge in [-0.25, -0.2) is 13.1 Å². The van der Waals surface area contributed by atoms with Crippen LogP contribution in [-0.2, 0) is 16.6 Å². The summed E-state index contributed by atoms with van der Waals surface area (Å²) in [5.41, 5.74) is 6.33. The molecule has 7 heteroatoms. The fraction of sp³-hybridized carbons (Fsp3) is 0.500. The van der Waals surface area contributed by atoms with Crippen LogP contribution in [0.1, 0.15) is 19.4 Å². The fourth-order valence-electron chi connectivity index (χ4n) is 1.30. The molecular weight excluding hydrogens is 348 g/mol. The lowest BCUT2D eigenvalue weighted by atomic mass is 10.2. The van der Waals surface area contributed by atoms with Crippen molar-refractivity contribution in [3.05, 3.63) is 28.2 Å². The highest BCUT2D eigenvalue weighted by Gasteiger charge is 2.23. The first kappa shape index (κ1) is 17.0. The second-order valence-electron chi connectivity index (χ2n) is 4.76. The molecule has 0 radical (unpaired) electrons. The monoisotopic (exact) mass is 366 g/mol. The minimum absolute atomic E-state index is 0.148. The van der Waals surface area contributed by atoms with Gasteiger partial charge in [0.25, 0.3) is 0 Å². The Kier molecular flexibility index (Phi) is 5.88. The zero-order valence-corrected chi connectivity index (χ0v) is 14.5. The van der Waals surface area contributed by atoms with E-state index in [2.05, 4.69) is 20.7 Å². The lowest BCUT2D eigenvalue weighted by Gasteiger charge is -2.22. The maximum atomic E-state index is 12.3. The first-order valence-electron chi connectivity index (χ1n) is 5.75. The van der Waals surface area contributed by atoms with Gasteiger partial charge in [-0.15, -0.1) is 0 Å². The van der Waals surface area contributed by atoms with Crippen molar-refractivity contribution >= 4 is 37.7 Å². The van der Waals surface area contributed by atoms with E-state index in [-0.39, 0.29) is 9.64 Å². The number of hydrogen-bond donors (Lipinski definition) is 2. The molecule has 0 atom stereocenters. The Labute approximate surface area is 127 Å². The molecule has 0 aliphatic rings. The summed E-state index contributed by atoms with van der Waals surface area (Å²) in [6.45, 7) is 4.67. The van der Waals surface area contributed by atoms with E-state index in [1.54, 1.807) is 30.0 Å². The molecular formula is C12H19BrN2O2S2. The third-order valence-corrected chi connectivity index (χ3v) is 6.41. The van der Waals surface area contributed by atoms with Crippen LogP contribution in [0.25, 0.3) is 0 Å². The minimum atomic E-state index is -3.53. The number of nitrogens with two attached hydrogens (primary N) is 1. The molecule has 0 spiro atoms. The molecule has 19 heavy (non-hydrogen) atoms. The van der Waals surface area contributed by atoms with Gasteiger partial charge in [0.2, 0.25) is 10.0 Å². The normalized spacial score (nSPS) is 12.7. The first-order valence-corrected chi connectivity index (χ1v) is 9.25. The van der Waals surface area contributed by atoms with E-state index in [1.807, 2.05) is 20.1 Å². The Morgan fingerprint density at radius 1 is 1.42 bits per heavy atom. The number of halogens is 1. The molecule has 3 N–H and O–H groups in total. The summed E-state index contributed by atoms with van der Waals surface area (Å²) in [5, 5.41) is 0. The molecule has 0 saturated carbocycles. The van der Waals surface area contributed by atoms with Crippen LogP contribution in [0.5, 0.6) is 0 Å². The number of hydrogen-bond acceptors (Lipinski definition) is 4. The highest BCUT2D eigenvalue weighted by molar-refractivity contribution is 9.10. The van der Waals surface area contributed by atoms with Crippen molar-refractivity contribution in [3.63, 3.8) is 0 Å². The Morgan fingerprint density at radius 2 is 2.05 bits per heavy atom. The second-order valence-corrected chi connectivity index (χ2v) is 8.86. The summed E-state index contributed by atoms with van der Waals surface area (Å²) in [6.07, 6.45) is 1.96. The summed E-state index contributed by atoms with van der Waals surface area (Å²) in [7, 11) is -3.53. The molecule has 0 fully saturated rings. The molecule has 1 aromatic rings. The molecule has 0 aliphatic heterocycles. The molecule has 1 rings (SSSR count). The van der Waals surface area contributed by atoms with Gasteiger partial charge in [-0.05, 0) is 53.7 Å². The summed E-state index contributed by atoms with van der Waals surface area (Å²) in [6, 6.07) is 5.10. The van der Waals surface area contributed by atoms with E-state index in [0.29, 0.717) is 17.6 Å². The van der Waals surface area contributed by atoms with Crippen LogP contribution in [0, 0.1) is 0 Å². The van der Waals surface area contributed by atoms with Gasteiger partial charge in [0.15, 0.2) is 0 Å². The van der Waals surface area contributed by atoms with Crippen molar-refractivity contribution in [1.82, 2.24) is 4.72 Å². The van der Waals surface area contributed by atoms with E-state index < -0.39 is 10.0 Å². The maximum absolute atomic E-state index is 12.3. The summed E-state index contributed by atoms with van der Waals surface area (Å²) in [5.74, 6) is 0. The SMILES string of the molecule is CSC(C)(C)CNS(=O)(=O)c1cc(CN)ccc1Br. The molecule has 0 bridgehead atoms. The van der Waals surface area contributed by atoms with Crippen LogP contribution < -0.4 is 10.5 Å². The Morgan fingerprint density at radius 3 is 2.58 bits per heavy atom. The van der Waals surface area contributed by atoms with E-state index in [4.69, 9.17) is 5.73 Å². The van der Waals surface area contributed by atoms with Gasteiger partial charge in [0.1, 0.15) is 0 Å². The predicted molar refractivity (Wildman–Crippen MR) is 84.8 cm³/mol. The fourth-order valence-corrected chi connectivity index (χ4v) is 3.83. The van der Waals surface area contributed by atoms with Crippen LogP contribution in [0.15, 0.2) is 27.6 Å². The number of benzene rings is 1. The average molecular weight is 367 g/mol. The molecule has 108 valence electrons. The van der Waals surface area contributed by atoms with Gasteiger partial charge in [-0.3, -0.25) is 0 Å². The van der Waals surface area contributed by atoms with Gasteiger partial charge < -0.3 is 5.73 Å². The van der Waals surface area contributed by atoms with Crippen molar-refractivity contribution in [3.8, 4) is 0 Å². The van der Waals surface area contributed by atoms with Crippen LogP contribution in [0.2, 0.25) is 0 Å². The predicted octanol–water partition coefficient (Wildman–Crippen LogP) is 2.33. The van der Waals surface area contributed by atoms with Gasteiger partial charge >= 0.3 is 0 Å². The quantitative estimate of drug-likeness (QED) is 0.810. The Bertz CT molecular complexity index is 545. The third kappa shape index (κ3) is 4.75. The lowest BCUT2D eigenvalue weighted by Crippen LogP contribution is -2.36. The molecule has 1 aromatic carbocycles. The first-order chi connectivity index (χ1) is 8.72. The zero-order valence-electron chi connectivity index (χ0n) is 11.2. The molecule has 4 nitrogen and oxygen atoms in total. The number of nitrogens with one attached hydrogen (secondary N) is 1. The van der Waals surface area contributed by atoms with E-state index in [0.717, 1.165) is 5.56 Å². The largest absolute Gasteiger partial charge is 0.326 e. The van der Waals surface area contributed by atoms with E-state index >= 15 is 0 Å². The standard InChI is InChI=1S/C12H19BrN2O2S2/c1-12(2,18-3)8-15-19(16,17)11-6-9(7-14)4-5-10(11)13/h4-6,15H,7-8,14H2,1-3H3. The summed E-state index contributed by atoms with van der Waals surface area (Å²) >= 11 is 4.88. The molecule has 0 amide bonds. The summed E-state index contributed by atoms with van der Waals surface area (Å²) in [4.78, 5) is 0.229. The molecule has 0 aromatic heterocycles. The number of sulfonamides is 1. The molecule has 0 heterocycles. The van der Waals surface area contributed by atoms with Crippen LogP contribution in [0.4, 0.5) is 0 Å². The van der Waals surface area contributed by atoms with Crippen LogP contribution in [0.3, 0.4) is 0 Å². The lowest BCUT2D eigenvalue weighted by molar-refractivity contribution is 0.570. The van der Waals surface area contributed by atoms with E-state index in [1.165, 1.54) is 0 Å².